The van der Waals surface area contributed by atoms with Crippen LogP contribution in [0.15, 0.2) is 60.7 Å². The Labute approximate surface area is 144 Å². The van der Waals surface area contributed by atoms with Crippen molar-refractivity contribution in [1.29, 1.82) is 0 Å². The van der Waals surface area contributed by atoms with Gasteiger partial charge in [0.2, 0.25) is 5.91 Å². The number of amides is 1. The van der Waals surface area contributed by atoms with E-state index in [2.05, 4.69) is 24.4 Å². The van der Waals surface area contributed by atoms with E-state index in [0.29, 0.717) is 12.8 Å². The van der Waals surface area contributed by atoms with E-state index in [4.69, 9.17) is 5.11 Å². The SMILES string of the molecule is Cc1ccc(/C=C/CC(=O)NC(CCCO)c2ccccc2)cc1. The molecule has 0 spiro atoms. The van der Waals surface area contributed by atoms with Gasteiger partial charge in [-0.15, -0.1) is 0 Å². The first-order chi connectivity index (χ1) is 11.7. The number of aliphatic hydroxyl groups excluding tert-OH is 1. The Hall–Kier alpha value is -2.39. The van der Waals surface area contributed by atoms with Gasteiger partial charge in [-0.05, 0) is 30.9 Å². The molecule has 24 heavy (non-hydrogen) atoms. The summed E-state index contributed by atoms with van der Waals surface area (Å²) in [5.74, 6) is -0.00912. The fourth-order valence-corrected chi connectivity index (χ4v) is 2.54. The van der Waals surface area contributed by atoms with Crippen molar-refractivity contribution < 1.29 is 9.90 Å². The number of benzene rings is 2. The second-order valence-electron chi connectivity index (χ2n) is 5.91. The molecule has 1 unspecified atom stereocenters. The molecule has 3 heteroatoms. The van der Waals surface area contributed by atoms with Gasteiger partial charge in [0, 0.05) is 13.0 Å². The maximum absolute atomic E-state index is 12.2. The van der Waals surface area contributed by atoms with Gasteiger partial charge in [-0.1, -0.05) is 72.3 Å². The highest BCUT2D eigenvalue weighted by molar-refractivity contribution is 5.79. The van der Waals surface area contributed by atoms with E-state index in [-0.39, 0.29) is 18.6 Å². The highest BCUT2D eigenvalue weighted by Gasteiger charge is 2.13. The number of aliphatic hydroxyl groups is 1. The van der Waals surface area contributed by atoms with Gasteiger partial charge in [-0.25, -0.2) is 0 Å². The monoisotopic (exact) mass is 323 g/mol. The molecule has 0 aromatic heterocycles. The summed E-state index contributed by atoms with van der Waals surface area (Å²) in [4.78, 5) is 12.2. The predicted molar refractivity (Wildman–Crippen MR) is 98.5 cm³/mol. The third-order valence-electron chi connectivity index (χ3n) is 3.88. The van der Waals surface area contributed by atoms with Crippen LogP contribution in [0.3, 0.4) is 0 Å². The van der Waals surface area contributed by atoms with E-state index in [0.717, 1.165) is 17.5 Å². The fraction of sp³-hybridized carbons (Fsp3) is 0.286. The van der Waals surface area contributed by atoms with E-state index < -0.39 is 0 Å². The summed E-state index contributed by atoms with van der Waals surface area (Å²) in [6.45, 7) is 2.18. The van der Waals surface area contributed by atoms with Crippen molar-refractivity contribution >= 4 is 12.0 Å². The smallest absolute Gasteiger partial charge is 0.224 e. The van der Waals surface area contributed by atoms with Crippen molar-refractivity contribution in [2.45, 2.75) is 32.2 Å². The number of nitrogens with one attached hydrogen (secondary N) is 1. The maximum Gasteiger partial charge on any atom is 0.224 e. The van der Waals surface area contributed by atoms with Gasteiger partial charge >= 0.3 is 0 Å². The summed E-state index contributed by atoms with van der Waals surface area (Å²) in [5, 5.41) is 12.1. The largest absolute Gasteiger partial charge is 0.396 e. The average Bonchev–Trinajstić information content (AvgIpc) is 2.61. The Morgan fingerprint density at radius 3 is 2.50 bits per heavy atom. The molecule has 2 aromatic rings. The predicted octanol–water partition coefficient (Wildman–Crippen LogP) is 4.03. The van der Waals surface area contributed by atoms with Crippen molar-refractivity contribution in [2.24, 2.45) is 0 Å². The normalized spacial score (nSPS) is 12.2. The van der Waals surface area contributed by atoms with Gasteiger partial charge in [0.05, 0.1) is 6.04 Å². The number of hydrogen-bond donors (Lipinski definition) is 2. The topological polar surface area (TPSA) is 49.3 Å². The molecule has 2 rings (SSSR count). The molecule has 0 saturated carbocycles. The summed E-state index contributed by atoms with van der Waals surface area (Å²) in [6.07, 6.45) is 5.58. The third-order valence-corrected chi connectivity index (χ3v) is 3.88. The minimum Gasteiger partial charge on any atom is -0.396 e. The minimum absolute atomic E-state index is 0.00912. The standard InChI is InChI=1S/C21H25NO2/c1-17-12-14-18(15-13-17)7-5-11-21(24)22-20(10-6-16-23)19-8-3-2-4-9-19/h2-5,7-9,12-15,20,23H,6,10-11,16H2,1H3,(H,22,24)/b7-5+. The van der Waals surface area contributed by atoms with Crippen molar-refractivity contribution in [3.63, 3.8) is 0 Å². The van der Waals surface area contributed by atoms with Gasteiger partial charge in [0.25, 0.3) is 0 Å². The van der Waals surface area contributed by atoms with Gasteiger partial charge in [-0.3, -0.25) is 4.79 Å². The van der Waals surface area contributed by atoms with E-state index in [1.165, 1.54) is 5.56 Å². The van der Waals surface area contributed by atoms with Gasteiger partial charge in [-0.2, -0.15) is 0 Å². The Bertz CT molecular complexity index is 647. The van der Waals surface area contributed by atoms with Crippen molar-refractivity contribution in [2.75, 3.05) is 6.61 Å². The van der Waals surface area contributed by atoms with Crippen LogP contribution in [0.4, 0.5) is 0 Å². The molecule has 126 valence electrons. The van der Waals surface area contributed by atoms with Crippen LogP contribution in [-0.4, -0.2) is 17.6 Å². The zero-order chi connectivity index (χ0) is 17.2. The van der Waals surface area contributed by atoms with Crippen LogP contribution >= 0.6 is 0 Å². The Morgan fingerprint density at radius 2 is 1.83 bits per heavy atom. The van der Waals surface area contributed by atoms with Crippen LogP contribution in [-0.2, 0) is 4.79 Å². The number of aryl methyl sites for hydroxylation is 1. The van der Waals surface area contributed by atoms with Gasteiger partial charge in [0.1, 0.15) is 0 Å². The molecule has 1 amide bonds. The molecule has 0 fully saturated rings. The van der Waals surface area contributed by atoms with Crippen LogP contribution in [0, 0.1) is 6.92 Å². The fourth-order valence-electron chi connectivity index (χ4n) is 2.54. The lowest BCUT2D eigenvalue weighted by Crippen LogP contribution is -2.28. The summed E-state index contributed by atoms with van der Waals surface area (Å²) >= 11 is 0. The molecule has 0 heterocycles. The summed E-state index contributed by atoms with van der Waals surface area (Å²) in [7, 11) is 0. The number of carbonyl (C=O) groups is 1. The van der Waals surface area contributed by atoms with E-state index >= 15 is 0 Å². The number of carbonyl (C=O) groups excluding carboxylic acids is 1. The van der Waals surface area contributed by atoms with Crippen LogP contribution < -0.4 is 5.32 Å². The van der Waals surface area contributed by atoms with Crippen molar-refractivity contribution in [3.8, 4) is 0 Å². The number of rotatable bonds is 8. The van der Waals surface area contributed by atoms with E-state index in [9.17, 15) is 4.79 Å². The Morgan fingerprint density at radius 1 is 1.12 bits per heavy atom. The molecule has 2 N–H and O–H groups in total. The Balaban J connectivity index is 1.91. The van der Waals surface area contributed by atoms with Crippen LogP contribution in [0.25, 0.3) is 6.08 Å². The molecular formula is C21H25NO2. The average molecular weight is 323 g/mol. The van der Waals surface area contributed by atoms with Gasteiger partial charge in [0.15, 0.2) is 0 Å². The molecule has 2 aromatic carbocycles. The zero-order valence-electron chi connectivity index (χ0n) is 14.1. The quantitative estimate of drug-likeness (QED) is 0.770. The lowest BCUT2D eigenvalue weighted by Gasteiger charge is -2.18. The highest BCUT2D eigenvalue weighted by Crippen LogP contribution is 2.18. The van der Waals surface area contributed by atoms with Crippen molar-refractivity contribution in [1.82, 2.24) is 5.32 Å². The molecule has 0 aliphatic heterocycles. The van der Waals surface area contributed by atoms with Crippen LogP contribution in [0.2, 0.25) is 0 Å². The first-order valence-electron chi connectivity index (χ1n) is 8.37. The lowest BCUT2D eigenvalue weighted by molar-refractivity contribution is -0.121. The molecule has 0 aliphatic rings. The van der Waals surface area contributed by atoms with Crippen molar-refractivity contribution in [3.05, 3.63) is 77.4 Å². The first-order valence-corrected chi connectivity index (χ1v) is 8.37. The third kappa shape index (κ3) is 6.01. The second-order valence-corrected chi connectivity index (χ2v) is 5.91. The minimum atomic E-state index is -0.0568. The van der Waals surface area contributed by atoms with Crippen LogP contribution in [0.5, 0.6) is 0 Å². The summed E-state index contributed by atoms with van der Waals surface area (Å²) < 4.78 is 0. The van der Waals surface area contributed by atoms with Crippen LogP contribution in [0.1, 0.15) is 42.0 Å². The maximum atomic E-state index is 12.2. The van der Waals surface area contributed by atoms with Gasteiger partial charge < -0.3 is 10.4 Å². The molecule has 0 bridgehead atoms. The Kier molecular flexibility index (Phi) is 7.24. The molecule has 0 aliphatic carbocycles. The molecule has 0 saturated heterocycles. The molecule has 1 atom stereocenters. The summed E-state index contributed by atoms with van der Waals surface area (Å²) in [6, 6.07) is 18.0. The lowest BCUT2D eigenvalue weighted by atomic mass is 10.0. The molecule has 0 radical (unpaired) electrons. The highest BCUT2D eigenvalue weighted by atomic mass is 16.3. The van der Waals surface area contributed by atoms with E-state index in [1.54, 1.807) is 0 Å². The molecular weight excluding hydrogens is 298 g/mol. The second kappa shape index (κ2) is 9.68. The molecule has 3 nitrogen and oxygen atoms in total. The summed E-state index contributed by atoms with van der Waals surface area (Å²) in [5.41, 5.74) is 3.38. The van der Waals surface area contributed by atoms with E-state index in [1.807, 2.05) is 54.6 Å². The number of hydrogen-bond acceptors (Lipinski definition) is 2. The zero-order valence-corrected chi connectivity index (χ0v) is 14.1. The first kappa shape index (κ1) is 18.0.